The van der Waals surface area contributed by atoms with E-state index in [1.807, 2.05) is 6.07 Å². The Hall–Kier alpha value is -0.140. The highest BCUT2D eigenvalue weighted by Gasteiger charge is 2.24. The molecule has 1 aromatic rings. The molecule has 1 aliphatic rings. The van der Waals surface area contributed by atoms with Gasteiger partial charge in [-0.1, -0.05) is 11.6 Å². The second-order valence-electron chi connectivity index (χ2n) is 4.58. The van der Waals surface area contributed by atoms with Crippen LogP contribution in [0.25, 0.3) is 0 Å². The standard InChI is InChI=1S/C10H16ClN4.HI/c1-15(2)7-5-14(6-8-15)10-4-3-9(11)12-13-10;/h3-4H,5-8H2,1-2H3;1H/q+1;/p-1. The summed E-state index contributed by atoms with van der Waals surface area (Å²) >= 11 is 5.70. The zero-order chi connectivity index (χ0) is 10.9. The number of piperazine rings is 1. The van der Waals surface area contributed by atoms with E-state index >= 15 is 0 Å². The van der Waals surface area contributed by atoms with Gasteiger partial charge in [0.2, 0.25) is 0 Å². The number of hydrogen-bond donors (Lipinski definition) is 0. The molecule has 1 aliphatic heterocycles. The fourth-order valence-electron chi connectivity index (χ4n) is 1.71. The van der Waals surface area contributed by atoms with Crippen molar-refractivity contribution in [3.8, 4) is 0 Å². The molecule has 0 bridgehead atoms. The molecule has 6 heteroatoms. The highest BCUT2D eigenvalue weighted by molar-refractivity contribution is 6.29. The van der Waals surface area contributed by atoms with E-state index in [4.69, 9.17) is 11.6 Å². The fraction of sp³-hybridized carbons (Fsp3) is 0.600. The zero-order valence-corrected chi connectivity index (χ0v) is 12.4. The molecule has 1 saturated heterocycles. The molecule has 0 N–H and O–H groups in total. The van der Waals surface area contributed by atoms with Gasteiger partial charge in [0, 0.05) is 0 Å². The van der Waals surface area contributed by atoms with Crippen LogP contribution in [0.1, 0.15) is 0 Å². The summed E-state index contributed by atoms with van der Waals surface area (Å²) in [5, 5.41) is 8.40. The van der Waals surface area contributed by atoms with E-state index in [0.717, 1.165) is 36.5 Å². The van der Waals surface area contributed by atoms with E-state index in [0.29, 0.717) is 5.15 Å². The first-order valence-electron chi connectivity index (χ1n) is 5.13. The SMILES string of the molecule is C[N+]1(C)CCN(c2ccc(Cl)nn2)CC1.[I-]. The van der Waals surface area contributed by atoms with Gasteiger partial charge < -0.3 is 33.4 Å². The Balaban J connectivity index is 0.00000128. The highest BCUT2D eigenvalue weighted by atomic mass is 127. The predicted molar refractivity (Wildman–Crippen MR) is 61.1 cm³/mol. The van der Waals surface area contributed by atoms with Crippen LogP contribution in [0.2, 0.25) is 5.15 Å². The van der Waals surface area contributed by atoms with Gasteiger partial charge in [0.1, 0.15) is 0 Å². The van der Waals surface area contributed by atoms with Gasteiger partial charge in [-0.2, -0.15) is 0 Å². The van der Waals surface area contributed by atoms with Crippen molar-refractivity contribution >= 4 is 17.4 Å². The number of aromatic nitrogens is 2. The van der Waals surface area contributed by atoms with Crippen LogP contribution in [0.15, 0.2) is 12.1 Å². The molecule has 2 heterocycles. The van der Waals surface area contributed by atoms with E-state index in [2.05, 4.69) is 29.2 Å². The minimum Gasteiger partial charge on any atom is -1.00 e. The van der Waals surface area contributed by atoms with Gasteiger partial charge in [0.15, 0.2) is 11.0 Å². The van der Waals surface area contributed by atoms with E-state index in [1.165, 1.54) is 0 Å². The Morgan fingerprint density at radius 2 is 1.81 bits per heavy atom. The summed E-state index contributed by atoms with van der Waals surface area (Å²) in [6, 6.07) is 3.72. The molecule has 0 aromatic carbocycles. The van der Waals surface area contributed by atoms with Gasteiger partial charge in [-0.15, -0.1) is 10.2 Å². The molecule has 4 nitrogen and oxygen atoms in total. The molecule has 0 spiro atoms. The Morgan fingerprint density at radius 1 is 1.19 bits per heavy atom. The Labute approximate surface area is 118 Å². The zero-order valence-electron chi connectivity index (χ0n) is 9.53. The number of quaternary nitrogens is 1. The molecule has 0 amide bonds. The van der Waals surface area contributed by atoms with Gasteiger partial charge in [-0.25, -0.2) is 0 Å². The third-order valence-corrected chi connectivity index (χ3v) is 3.09. The lowest BCUT2D eigenvalue weighted by Crippen LogP contribution is -3.00. The maximum absolute atomic E-state index is 5.70. The van der Waals surface area contributed by atoms with Gasteiger partial charge in [-0.3, -0.25) is 0 Å². The third-order valence-electron chi connectivity index (χ3n) is 2.89. The second-order valence-corrected chi connectivity index (χ2v) is 4.97. The lowest BCUT2D eigenvalue weighted by atomic mass is 10.3. The highest BCUT2D eigenvalue weighted by Crippen LogP contribution is 2.15. The molecule has 0 atom stereocenters. The number of halogens is 2. The van der Waals surface area contributed by atoms with Crippen LogP contribution in [0.3, 0.4) is 0 Å². The molecular formula is C10H16ClIN4. The minimum atomic E-state index is 0. The van der Waals surface area contributed by atoms with E-state index < -0.39 is 0 Å². The molecule has 1 aromatic heterocycles. The number of rotatable bonds is 1. The Kier molecular flexibility index (Phi) is 4.75. The van der Waals surface area contributed by atoms with Gasteiger partial charge in [-0.05, 0) is 12.1 Å². The first-order valence-corrected chi connectivity index (χ1v) is 5.51. The molecule has 0 unspecified atom stereocenters. The predicted octanol–water partition coefficient (Wildman–Crippen LogP) is -1.97. The average Bonchev–Trinajstić information content (AvgIpc) is 2.20. The smallest absolute Gasteiger partial charge is 0.151 e. The van der Waals surface area contributed by atoms with Crippen molar-refractivity contribution in [1.82, 2.24) is 10.2 Å². The molecule has 1 fully saturated rings. The van der Waals surface area contributed by atoms with Crippen LogP contribution in [0.5, 0.6) is 0 Å². The monoisotopic (exact) mass is 354 g/mol. The summed E-state index contributed by atoms with van der Waals surface area (Å²) in [6.07, 6.45) is 0. The minimum absolute atomic E-state index is 0. The van der Waals surface area contributed by atoms with Crippen molar-refractivity contribution in [1.29, 1.82) is 0 Å². The lowest BCUT2D eigenvalue weighted by Gasteiger charge is -2.39. The molecule has 2 rings (SSSR count). The van der Waals surface area contributed by atoms with Crippen molar-refractivity contribution in [3.05, 3.63) is 17.3 Å². The third kappa shape index (κ3) is 3.43. The number of likely N-dealkylation sites (N-methyl/N-ethyl adjacent to an activating group) is 1. The summed E-state index contributed by atoms with van der Waals surface area (Å²) in [4.78, 5) is 2.26. The van der Waals surface area contributed by atoms with Gasteiger partial charge >= 0.3 is 0 Å². The Morgan fingerprint density at radius 3 is 2.31 bits per heavy atom. The summed E-state index contributed by atoms with van der Waals surface area (Å²) in [5.41, 5.74) is 0. The maximum atomic E-state index is 5.70. The first kappa shape index (κ1) is 13.9. The average molecular weight is 355 g/mol. The maximum Gasteiger partial charge on any atom is 0.151 e. The molecule has 90 valence electrons. The van der Waals surface area contributed by atoms with Gasteiger partial charge in [0.25, 0.3) is 0 Å². The second kappa shape index (κ2) is 5.46. The van der Waals surface area contributed by atoms with Crippen LogP contribution in [-0.2, 0) is 0 Å². The van der Waals surface area contributed by atoms with Crippen LogP contribution in [0, 0.1) is 0 Å². The van der Waals surface area contributed by atoms with Crippen molar-refractivity contribution in [3.63, 3.8) is 0 Å². The number of hydrogen-bond acceptors (Lipinski definition) is 3. The normalized spacial score (nSPS) is 19.1. The lowest BCUT2D eigenvalue weighted by molar-refractivity contribution is -0.890. The van der Waals surface area contributed by atoms with Crippen LogP contribution >= 0.6 is 11.6 Å². The van der Waals surface area contributed by atoms with Crippen LogP contribution in [0.4, 0.5) is 5.82 Å². The molecular weight excluding hydrogens is 338 g/mol. The topological polar surface area (TPSA) is 29.0 Å². The largest absolute Gasteiger partial charge is 1.00 e. The van der Waals surface area contributed by atoms with Gasteiger partial charge in [0.05, 0.1) is 40.3 Å². The van der Waals surface area contributed by atoms with Crippen molar-refractivity contribution < 1.29 is 28.5 Å². The van der Waals surface area contributed by atoms with Crippen LogP contribution < -0.4 is 28.9 Å². The van der Waals surface area contributed by atoms with Crippen molar-refractivity contribution in [2.24, 2.45) is 0 Å². The molecule has 0 radical (unpaired) electrons. The summed E-state index contributed by atoms with van der Waals surface area (Å²) in [6.45, 7) is 4.35. The Bertz CT molecular complexity index is 331. The quantitative estimate of drug-likeness (QED) is 0.433. The molecule has 0 saturated carbocycles. The number of anilines is 1. The van der Waals surface area contributed by atoms with Crippen LogP contribution in [-0.4, -0.2) is 55.0 Å². The number of nitrogens with zero attached hydrogens (tertiary/aromatic N) is 4. The summed E-state index contributed by atoms with van der Waals surface area (Å²) in [7, 11) is 4.51. The fourth-order valence-corrected chi connectivity index (χ4v) is 1.81. The van der Waals surface area contributed by atoms with E-state index in [9.17, 15) is 0 Å². The summed E-state index contributed by atoms with van der Waals surface area (Å²) < 4.78 is 1.08. The van der Waals surface area contributed by atoms with E-state index in [1.54, 1.807) is 6.07 Å². The van der Waals surface area contributed by atoms with E-state index in [-0.39, 0.29) is 24.0 Å². The molecule has 0 aliphatic carbocycles. The first-order chi connectivity index (χ1) is 7.07. The molecule has 16 heavy (non-hydrogen) atoms. The van der Waals surface area contributed by atoms with Crippen molar-refractivity contribution in [2.75, 3.05) is 45.2 Å². The summed E-state index contributed by atoms with van der Waals surface area (Å²) in [5.74, 6) is 0.930. The van der Waals surface area contributed by atoms with Crippen molar-refractivity contribution in [2.45, 2.75) is 0 Å².